The van der Waals surface area contributed by atoms with Crippen molar-refractivity contribution in [1.29, 1.82) is 0 Å². The van der Waals surface area contributed by atoms with Gasteiger partial charge in [-0.2, -0.15) is 0 Å². The predicted octanol–water partition coefficient (Wildman–Crippen LogP) is 3.75. The van der Waals surface area contributed by atoms with Crippen LogP contribution in [0.4, 0.5) is 4.79 Å². The number of ether oxygens (including phenoxy) is 1. The molecule has 5 heteroatoms. The van der Waals surface area contributed by atoms with E-state index in [9.17, 15) is 9.59 Å². The van der Waals surface area contributed by atoms with Gasteiger partial charge in [0.25, 0.3) is 0 Å². The maximum atomic E-state index is 12.7. The summed E-state index contributed by atoms with van der Waals surface area (Å²) in [6, 6.07) is 14.2. The first kappa shape index (κ1) is 14.6. The van der Waals surface area contributed by atoms with E-state index in [1.165, 1.54) is 0 Å². The molecule has 0 heterocycles. The minimum absolute atomic E-state index is 0.197. The van der Waals surface area contributed by atoms with E-state index >= 15 is 0 Å². The Balaban J connectivity index is 2.02. The second kappa shape index (κ2) is 5.46. The van der Waals surface area contributed by atoms with E-state index in [1.807, 2.05) is 30.3 Å². The van der Waals surface area contributed by atoms with Gasteiger partial charge in [-0.15, -0.1) is 0 Å². The summed E-state index contributed by atoms with van der Waals surface area (Å²) in [5.74, 6) is -0.314. The van der Waals surface area contributed by atoms with E-state index in [-0.39, 0.29) is 18.6 Å². The molecule has 0 aromatic heterocycles. The third-order valence-electron chi connectivity index (χ3n) is 3.82. The van der Waals surface area contributed by atoms with E-state index in [0.29, 0.717) is 10.6 Å². The van der Waals surface area contributed by atoms with Crippen LogP contribution in [0, 0.1) is 0 Å². The minimum atomic E-state index is -1.46. The first-order valence-electron chi connectivity index (χ1n) is 6.79. The van der Waals surface area contributed by atoms with Crippen molar-refractivity contribution < 1.29 is 19.4 Å². The lowest BCUT2D eigenvalue weighted by atomic mass is 9.90. The Bertz CT molecular complexity index is 742. The van der Waals surface area contributed by atoms with Crippen LogP contribution in [0.5, 0.6) is 0 Å². The SMILES string of the molecule is O=C(O)OC1(Cc2ccccc2)Cc2cc(Cl)ccc2C1=O. The number of benzene rings is 2. The zero-order valence-electron chi connectivity index (χ0n) is 11.6. The van der Waals surface area contributed by atoms with Crippen molar-refractivity contribution in [3.05, 3.63) is 70.2 Å². The fourth-order valence-corrected chi connectivity index (χ4v) is 3.11. The summed E-state index contributed by atoms with van der Waals surface area (Å²) in [4.78, 5) is 23.9. The van der Waals surface area contributed by atoms with Crippen LogP contribution in [0.3, 0.4) is 0 Å². The fourth-order valence-electron chi connectivity index (χ4n) is 2.92. The second-order valence-corrected chi connectivity index (χ2v) is 5.77. The van der Waals surface area contributed by atoms with Gasteiger partial charge in [0.05, 0.1) is 0 Å². The Morgan fingerprint density at radius 2 is 1.95 bits per heavy atom. The molecule has 0 saturated carbocycles. The molecular weight excluding hydrogens is 304 g/mol. The summed E-state index contributed by atoms with van der Waals surface area (Å²) >= 11 is 5.96. The highest BCUT2D eigenvalue weighted by atomic mass is 35.5. The summed E-state index contributed by atoms with van der Waals surface area (Å²) in [7, 11) is 0. The fraction of sp³-hybridized carbons (Fsp3) is 0.176. The zero-order chi connectivity index (χ0) is 15.7. The highest BCUT2D eigenvalue weighted by molar-refractivity contribution is 6.31. The standard InChI is InChI=1S/C17H13ClO4/c18-13-6-7-14-12(8-13)10-17(15(14)19,22-16(20)21)9-11-4-2-1-3-5-11/h1-8H,9-10H2,(H,20,21). The van der Waals surface area contributed by atoms with E-state index in [0.717, 1.165) is 11.1 Å². The second-order valence-electron chi connectivity index (χ2n) is 5.33. The molecule has 22 heavy (non-hydrogen) atoms. The normalized spacial score (nSPS) is 19.8. The highest BCUT2D eigenvalue weighted by Crippen LogP contribution is 2.37. The molecule has 1 atom stereocenters. The van der Waals surface area contributed by atoms with Crippen LogP contribution < -0.4 is 0 Å². The van der Waals surface area contributed by atoms with Crippen LogP contribution in [0.2, 0.25) is 5.02 Å². The molecule has 0 aliphatic heterocycles. The van der Waals surface area contributed by atoms with Crippen molar-refractivity contribution in [3.63, 3.8) is 0 Å². The van der Waals surface area contributed by atoms with E-state index in [2.05, 4.69) is 0 Å². The van der Waals surface area contributed by atoms with Gasteiger partial charge in [-0.05, 0) is 29.3 Å². The average molecular weight is 317 g/mol. The largest absolute Gasteiger partial charge is 0.506 e. The monoisotopic (exact) mass is 316 g/mol. The summed E-state index contributed by atoms with van der Waals surface area (Å²) in [6.07, 6.45) is -1.06. The number of rotatable bonds is 3. The van der Waals surface area contributed by atoms with E-state index in [1.54, 1.807) is 18.2 Å². The Labute approximate surface area is 132 Å². The molecule has 2 aromatic carbocycles. The molecule has 0 saturated heterocycles. The van der Waals surface area contributed by atoms with Gasteiger partial charge in [-0.25, -0.2) is 4.79 Å². The van der Waals surface area contributed by atoms with Gasteiger partial charge < -0.3 is 9.84 Å². The first-order valence-corrected chi connectivity index (χ1v) is 7.17. The third-order valence-corrected chi connectivity index (χ3v) is 4.05. The smallest absolute Gasteiger partial charge is 0.450 e. The van der Waals surface area contributed by atoms with Crippen molar-refractivity contribution in [2.24, 2.45) is 0 Å². The summed E-state index contributed by atoms with van der Waals surface area (Å²) in [5.41, 5.74) is 0.618. The number of Topliss-reactive ketones (excluding diaryl/α,β-unsaturated/α-hetero) is 1. The number of fused-ring (bicyclic) bond motifs is 1. The molecule has 0 amide bonds. The number of halogens is 1. The molecular formula is C17H13ClO4. The van der Waals surface area contributed by atoms with Gasteiger partial charge >= 0.3 is 6.16 Å². The molecule has 0 radical (unpaired) electrons. The number of carbonyl (C=O) groups is 2. The van der Waals surface area contributed by atoms with Gasteiger partial charge in [0.2, 0.25) is 5.78 Å². The first-order chi connectivity index (χ1) is 10.5. The molecule has 1 aliphatic carbocycles. The van der Waals surface area contributed by atoms with Gasteiger partial charge in [-0.3, -0.25) is 4.79 Å². The predicted molar refractivity (Wildman–Crippen MR) is 81.5 cm³/mol. The molecule has 4 nitrogen and oxygen atoms in total. The van der Waals surface area contributed by atoms with E-state index < -0.39 is 11.8 Å². The van der Waals surface area contributed by atoms with Gasteiger partial charge in [0, 0.05) is 23.4 Å². The van der Waals surface area contributed by atoms with Crippen molar-refractivity contribution >= 4 is 23.5 Å². The molecule has 1 unspecified atom stereocenters. The number of ketones is 1. The number of hydrogen-bond acceptors (Lipinski definition) is 3. The lowest BCUT2D eigenvalue weighted by molar-refractivity contribution is -0.00386. The van der Waals surface area contributed by atoms with Crippen molar-refractivity contribution in [2.45, 2.75) is 18.4 Å². The molecule has 112 valence electrons. The third kappa shape index (κ3) is 2.57. The number of hydrogen-bond donors (Lipinski definition) is 1. The minimum Gasteiger partial charge on any atom is -0.450 e. The van der Waals surface area contributed by atoms with Crippen molar-refractivity contribution in [1.82, 2.24) is 0 Å². The van der Waals surface area contributed by atoms with Gasteiger partial charge in [-0.1, -0.05) is 41.9 Å². The van der Waals surface area contributed by atoms with Crippen LogP contribution in [-0.4, -0.2) is 22.6 Å². The Morgan fingerprint density at radius 1 is 1.23 bits per heavy atom. The van der Waals surface area contributed by atoms with Gasteiger partial charge in [0.15, 0.2) is 5.60 Å². The Kier molecular flexibility index (Phi) is 3.62. The lowest BCUT2D eigenvalue weighted by Gasteiger charge is -2.26. The van der Waals surface area contributed by atoms with Crippen molar-refractivity contribution in [2.75, 3.05) is 0 Å². The van der Waals surface area contributed by atoms with Gasteiger partial charge in [0.1, 0.15) is 0 Å². The summed E-state index contributed by atoms with van der Waals surface area (Å²) in [5, 5.41) is 9.58. The highest BCUT2D eigenvalue weighted by Gasteiger charge is 2.49. The molecule has 1 aliphatic rings. The molecule has 0 bridgehead atoms. The lowest BCUT2D eigenvalue weighted by Crippen LogP contribution is -2.43. The zero-order valence-corrected chi connectivity index (χ0v) is 12.3. The average Bonchev–Trinajstić information content (AvgIpc) is 2.71. The van der Waals surface area contributed by atoms with Crippen LogP contribution >= 0.6 is 11.6 Å². The van der Waals surface area contributed by atoms with Crippen molar-refractivity contribution in [3.8, 4) is 0 Å². The van der Waals surface area contributed by atoms with Crippen LogP contribution in [0.25, 0.3) is 0 Å². The van der Waals surface area contributed by atoms with E-state index in [4.69, 9.17) is 21.4 Å². The molecule has 2 aromatic rings. The topological polar surface area (TPSA) is 63.6 Å². The number of carbonyl (C=O) groups excluding carboxylic acids is 1. The van der Waals surface area contributed by atoms with Crippen LogP contribution in [0.15, 0.2) is 48.5 Å². The molecule has 0 spiro atoms. The maximum Gasteiger partial charge on any atom is 0.506 e. The molecule has 1 N–H and O–H groups in total. The Hall–Kier alpha value is -2.33. The summed E-state index contributed by atoms with van der Waals surface area (Å²) in [6.45, 7) is 0. The quantitative estimate of drug-likeness (QED) is 0.876. The maximum absolute atomic E-state index is 12.7. The number of carboxylic acid groups (broad SMARTS) is 1. The molecule has 3 rings (SSSR count). The van der Waals surface area contributed by atoms with Crippen LogP contribution in [0.1, 0.15) is 21.5 Å². The van der Waals surface area contributed by atoms with Crippen LogP contribution in [-0.2, 0) is 17.6 Å². The summed E-state index contributed by atoms with van der Waals surface area (Å²) < 4.78 is 5.06. The Morgan fingerprint density at radius 3 is 2.64 bits per heavy atom. The molecule has 0 fully saturated rings.